The van der Waals surface area contributed by atoms with Crippen LogP contribution < -0.4 is 4.90 Å². The van der Waals surface area contributed by atoms with E-state index in [1.807, 2.05) is 22.7 Å². The molecular weight excluding hydrogens is 695 g/mol. The third kappa shape index (κ3) is 4.32. The lowest BCUT2D eigenvalue weighted by Crippen LogP contribution is -2.11. The van der Waals surface area contributed by atoms with Gasteiger partial charge in [0.25, 0.3) is 0 Å². The summed E-state index contributed by atoms with van der Waals surface area (Å²) in [5, 5.41) is 12.3. The van der Waals surface area contributed by atoms with Gasteiger partial charge in [-0.25, -0.2) is 0 Å². The van der Waals surface area contributed by atoms with Crippen molar-refractivity contribution in [3.63, 3.8) is 0 Å². The molecule has 54 heavy (non-hydrogen) atoms. The Bertz CT molecular complexity index is 3460. The number of thiophene rings is 2. The summed E-state index contributed by atoms with van der Waals surface area (Å²) in [6, 6.07) is 64.1. The topological polar surface area (TPSA) is 16.4 Å². The Morgan fingerprint density at radius 1 is 0.407 bits per heavy atom. The number of para-hydroxylation sites is 1. The molecule has 0 amide bonds. The summed E-state index contributed by atoms with van der Waals surface area (Å²) in [5.41, 5.74) is 7.64. The number of anilines is 3. The van der Waals surface area contributed by atoms with Gasteiger partial charge in [0.2, 0.25) is 0 Å². The Labute approximate surface area is 318 Å². The lowest BCUT2D eigenvalue weighted by molar-refractivity contribution is 0.673. The molecule has 0 radical (unpaired) electrons. The molecule has 0 aliphatic rings. The predicted molar refractivity (Wildman–Crippen MR) is 235 cm³/mol. The lowest BCUT2D eigenvalue weighted by Gasteiger charge is -2.29. The maximum absolute atomic E-state index is 6.74. The molecule has 252 valence electrons. The van der Waals surface area contributed by atoms with Crippen LogP contribution >= 0.6 is 22.7 Å². The molecular formula is C50H29NOS2. The van der Waals surface area contributed by atoms with Gasteiger partial charge in [0.05, 0.1) is 11.4 Å². The van der Waals surface area contributed by atoms with Gasteiger partial charge in [-0.05, 0) is 70.3 Å². The molecule has 12 rings (SSSR count). The van der Waals surface area contributed by atoms with E-state index >= 15 is 0 Å². The van der Waals surface area contributed by atoms with Crippen LogP contribution in [0, 0.1) is 0 Å². The van der Waals surface area contributed by atoms with Crippen LogP contribution in [0.3, 0.4) is 0 Å². The zero-order valence-electron chi connectivity index (χ0n) is 28.9. The van der Waals surface area contributed by atoms with Crippen molar-refractivity contribution in [2.45, 2.75) is 0 Å². The van der Waals surface area contributed by atoms with Gasteiger partial charge in [0, 0.05) is 67.8 Å². The van der Waals surface area contributed by atoms with Gasteiger partial charge in [-0.15, -0.1) is 22.7 Å². The number of nitrogens with zero attached hydrogens (tertiary/aromatic N) is 1. The molecule has 3 heterocycles. The van der Waals surface area contributed by atoms with Crippen molar-refractivity contribution in [2.24, 2.45) is 0 Å². The summed E-state index contributed by atoms with van der Waals surface area (Å²) in [7, 11) is 0. The Kier molecular flexibility index (Phi) is 6.41. The SMILES string of the molecule is c1ccc(-c2ccccc2N(c2ccc3c(c2)sc2c4ccccc4ccc32)c2cccc3sc4ccc5oc6c7ccccc7ccc6c5c4c23)cc1. The van der Waals surface area contributed by atoms with Crippen LogP contribution in [-0.4, -0.2) is 0 Å². The lowest BCUT2D eigenvalue weighted by atomic mass is 9.99. The maximum Gasteiger partial charge on any atom is 0.143 e. The van der Waals surface area contributed by atoms with Crippen molar-refractivity contribution in [1.29, 1.82) is 0 Å². The van der Waals surface area contributed by atoms with Crippen LogP contribution in [0.1, 0.15) is 0 Å². The second kappa shape index (κ2) is 11.5. The minimum atomic E-state index is 0.915. The molecule has 0 fully saturated rings. The molecule has 4 heteroatoms. The van der Waals surface area contributed by atoms with Gasteiger partial charge < -0.3 is 9.32 Å². The van der Waals surface area contributed by atoms with Gasteiger partial charge in [0.15, 0.2) is 0 Å². The van der Waals surface area contributed by atoms with E-state index < -0.39 is 0 Å². The summed E-state index contributed by atoms with van der Waals surface area (Å²) in [5.74, 6) is 0. The molecule has 9 aromatic carbocycles. The molecule has 0 saturated heterocycles. The third-order valence-corrected chi connectivity index (χ3v) is 13.4. The highest BCUT2D eigenvalue weighted by Crippen LogP contribution is 2.51. The quantitative estimate of drug-likeness (QED) is 0.180. The van der Waals surface area contributed by atoms with E-state index in [1.54, 1.807) is 0 Å². The average molecular weight is 724 g/mol. The first-order valence-corrected chi connectivity index (χ1v) is 19.9. The zero-order valence-corrected chi connectivity index (χ0v) is 30.5. The van der Waals surface area contributed by atoms with Gasteiger partial charge in [-0.1, -0.05) is 127 Å². The predicted octanol–water partition coefficient (Wildman–Crippen LogP) is 15.8. The van der Waals surface area contributed by atoms with Gasteiger partial charge in [-0.3, -0.25) is 0 Å². The smallest absolute Gasteiger partial charge is 0.143 e. The van der Waals surface area contributed by atoms with E-state index in [9.17, 15) is 0 Å². The van der Waals surface area contributed by atoms with Crippen LogP contribution in [0.2, 0.25) is 0 Å². The van der Waals surface area contributed by atoms with Crippen LogP contribution in [-0.2, 0) is 0 Å². The average Bonchev–Trinajstić information content (AvgIpc) is 3.93. The van der Waals surface area contributed by atoms with Crippen LogP contribution in [0.25, 0.3) is 95.0 Å². The summed E-state index contributed by atoms with van der Waals surface area (Å²) < 4.78 is 11.9. The normalized spacial score (nSPS) is 12.1. The molecule has 0 N–H and O–H groups in total. The maximum atomic E-state index is 6.74. The fraction of sp³-hybridized carbons (Fsp3) is 0. The zero-order chi connectivity index (χ0) is 35.3. The molecule has 0 spiro atoms. The van der Waals surface area contributed by atoms with Crippen molar-refractivity contribution in [1.82, 2.24) is 0 Å². The fourth-order valence-electron chi connectivity index (χ4n) is 8.64. The largest absolute Gasteiger partial charge is 0.455 e. The first-order valence-electron chi connectivity index (χ1n) is 18.3. The van der Waals surface area contributed by atoms with E-state index in [0.29, 0.717) is 0 Å². The summed E-state index contributed by atoms with van der Waals surface area (Å²) >= 11 is 3.74. The van der Waals surface area contributed by atoms with Crippen molar-refractivity contribution in [3.05, 3.63) is 176 Å². The first-order chi connectivity index (χ1) is 26.8. The minimum Gasteiger partial charge on any atom is -0.455 e. The number of benzene rings is 9. The minimum absolute atomic E-state index is 0.915. The Hall–Kier alpha value is -6.46. The molecule has 0 bridgehead atoms. The Balaban J connectivity index is 1.19. The van der Waals surface area contributed by atoms with Crippen molar-refractivity contribution in [2.75, 3.05) is 4.90 Å². The molecule has 0 aliphatic heterocycles. The molecule has 0 atom stereocenters. The number of furan rings is 1. The highest BCUT2D eigenvalue weighted by molar-refractivity contribution is 7.27. The number of hydrogen-bond donors (Lipinski definition) is 0. The third-order valence-electron chi connectivity index (χ3n) is 11.0. The second-order valence-corrected chi connectivity index (χ2v) is 16.1. The molecule has 12 aromatic rings. The monoisotopic (exact) mass is 723 g/mol. The van der Waals surface area contributed by atoms with Crippen LogP contribution in [0.5, 0.6) is 0 Å². The molecule has 3 aromatic heterocycles. The molecule has 0 saturated carbocycles. The molecule has 0 aliphatic carbocycles. The summed E-state index contributed by atoms with van der Waals surface area (Å²) in [4.78, 5) is 2.50. The Morgan fingerprint density at radius 2 is 1.11 bits per heavy atom. The Morgan fingerprint density at radius 3 is 2.00 bits per heavy atom. The summed E-state index contributed by atoms with van der Waals surface area (Å²) in [6.45, 7) is 0. The van der Waals surface area contributed by atoms with Crippen molar-refractivity contribution >= 4 is 124 Å². The fourth-order valence-corrected chi connectivity index (χ4v) is 11.0. The van der Waals surface area contributed by atoms with Gasteiger partial charge in [-0.2, -0.15) is 0 Å². The van der Waals surface area contributed by atoms with E-state index in [4.69, 9.17) is 4.42 Å². The van der Waals surface area contributed by atoms with E-state index in [-0.39, 0.29) is 0 Å². The highest BCUT2D eigenvalue weighted by atomic mass is 32.1. The molecule has 0 unspecified atom stereocenters. The van der Waals surface area contributed by atoms with Crippen LogP contribution in [0.4, 0.5) is 17.1 Å². The molecule has 2 nitrogen and oxygen atoms in total. The number of hydrogen-bond acceptors (Lipinski definition) is 4. The standard InChI is InChI=1S/C50H29NOS2/c1-2-11-30(12-3-1)34-15-8-9-18-40(34)51(33-23-26-37-38-24-21-32-14-5-7-17-36(32)50(38)54-45(37)29-33)41-19-10-20-43-47(41)48-44(53-43)28-27-42-46(48)39-25-22-31-13-4-6-16-35(31)49(39)52-42/h1-29H. The number of rotatable bonds is 4. The van der Waals surface area contributed by atoms with E-state index in [0.717, 1.165) is 39.0 Å². The van der Waals surface area contributed by atoms with E-state index in [1.165, 1.54) is 73.0 Å². The van der Waals surface area contributed by atoms with Crippen LogP contribution in [0.15, 0.2) is 180 Å². The van der Waals surface area contributed by atoms with Gasteiger partial charge in [0.1, 0.15) is 11.2 Å². The second-order valence-electron chi connectivity index (χ2n) is 14.0. The first kappa shape index (κ1) is 30.0. The van der Waals surface area contributed by atoms with Crippen molar-refractivity contribution < 1.29 is 4.42 Å². The van der Waals surface area contributed by atoms with Crippen molar-refractivity contribution in [3.8, 4) is 11.1 Å². The van der Waals surface area contributed by atoms with Gasteiger partial charge >= 0.3 is 0 Å². The number of fused-ring (bicyclic) bond motifs is 14. The highest BCUT2D eigenvalue weighted by Gasteiger charge is 2.24. The summed E-state index contributed by atoms with van der Waals surface area (Å²) in [6.07, 6.45) is 0. The van der Waals surface area contributed by atoms with E-state index in [2.05, 4.69) is 181 Å².